The first-order valence-electron chi connectivity index (χ1n) is 11.0. The first kappa shape index (κ1) is 19.7. The van der Waals surface area contributed by atoms with Crippen molar-refractivity contribution in [3.63, 3.8) is 0 Å². The van der Waals surface area contributed by atoms with Crippen LogP contribution in [0, 0.1) is 0 Å². The van der Waals surface area contributed by atoms with Crippen LogP contribution in [0.2, 0.25) is 0 Å². The highest BCUT2D eigenvalue weighted by Gasteiger charge is 2.26. The Balaban J connectivity index is 1.66. The van der Waals surface area contributed by atoms with Crippen LogP contribution in [0.5, 0.6) is 0 Å². The highest BCUT2D eigenvalue weighted by Crippen LogP contribution is 2.32. The summed E-state index contributed by atoms with van der Waals surface area (Å²) < 4.78 is 11.6. The maximum Gasteiger partial charge on any atom is 0.241 e. The average Bonchev–Trinajstić information content (AvgIpc) is 3.54. The number of imidazole rings is 1. The van der Waals surface area contributed by atoms with Gasteiger partial charge in [0.05, 0.1) is 41.9 Å². The summed E-state index contributed by atoms with van der Waals surface area (Å²) in [7, 11) is 3.79. The van der Waals surface area contributed by atoms with Crippen molar-refractivity contribution < 1.29 is 4.74 Å². The van der Waals surface area contributed by atoms with E-state index in [-0.39, 0.29) is 6.04 Å². The number of nitrogens with zero attached hydrogens (tertiary/aromatic N) is 8. The van der Waals surface area contributed by atoms with Crippen molar-refractivity contribution in [1.82, 2.24) is 33.9 Å². The maximum absolute atomic E-state index is 5.69. The van der Waals surface area contributed by atoms with E-state index in [2.05, 4.69) is 32.9 Å². The van der Waals surface area contributed by atoms with Crippen LogP contribution in [0.3, 0.4) is 0 Å². The van der Waals surface area contributed by atoms with E-state index in [1.807, 2.05) is 59.9 Å². The Morgan fingerprint density at radius 1 is 1.09 bits per heavy atom. The Kier molecular flexibility index (Phi) is 4.54. The number of nitrogens with one attached hydrogen (secondary N) is 1. The second-order valence-electron chi connectivity index (χ2n) is 8.21. The highest BCUT2D eigenvalue weighted by atomic mass is 16.5. The number of fused-ring (bicyclic) bond motifs is 2. The molecular formula is C23H25N9O. The summed E-state index contributed by atoms with van der Waals surface area (Å²) in [5.41, 5.74) is 2.65. The van der Waals surface area contributed by atoms with Gasteiger partial charge in [0.25, 0.3) is 0 Å². The molecule has 1 unspecified atom stereocenters. The Hall–Kier alpha value is -3.92. The third-order valence-corrected chi connectivity index (χ3v) is 6.18. The summed E-state index contributed by atoms with van der Waals surface area (Å²) >= 11 is 0. The van der Waals surface area contributed by atoms with Crippen molar-refractivity contribution in [2.75, 3.05) is 37.0 Å². The fourth-order valence-electron chi connectivity index (χ4n) is 4.53. The maximum atomic E-state index is 5.69. The molecule has 0 bridgehead atoms. The van der Waals surface area contributed by atoms with Gasteiger partial charge in [0.2, 0.25) is 11.9 Å². The van der Waals surface area contributed by atoms with Crippen LogP contribution < -0.4 is 10.2 Å². The lowest BCUT2D eigenvalue weighted by molar-refractivity contribution is 0.0987. The lowest BCUT2D eigenvalue weighted by Gasteiger charge is -2.34. The zero-order valence-corrected chi connectivity index (χ0v) is 18.8. The lowest BCUT2D eigenvalue weighted by Crippen LogP contribution is -2.44. The van der Waals surface area contributed by atoms with E-state index in [1.54, 1.807) is 6.20 Å². The van der Waals surface area contributed by atoms with Crippen LogP contribution in [0.25, 0.3) is 33.8 Å². The van der Waals surface area contributed by atoms with Crippen molar-refractivity contribution in [2.45, 2.75) is 13.0 Å². The van der Waals surface area contributed by atoms with Crippen molar-refractivity contribution in [2.24, 2.45) is 7.05 Å². The van der Waals surface area contributed by atoms with Gasteiger partial charge in [0, 0.05) is 32.9 Å². The molecule has 0 amide bonds. The molecule has 168 valence electrons. The number of morpholine rings is 1. The molecule has 0 radical (unpaired) electrons. The fourth-order valence-corrected chi connectivity index (χ4v) is 4.53. The molecule has 0 spiro atoms. The van der Waals surface area contributed by atoms with Gasteiger partial charge in [-0.05, 0) is 25.1 Å². The molecule has 1 fully saturated rings. The molecule has 1 N–H and O–H groups in total. The van der Waals surface area contributed by atoms with E-state index in [9.17, 15) is 0 Å². The molecule has 10 nitrogen and oxygen atoms in total. The summed E-state index contributed by atoms with van der Waals surface area (Å²) in [6.07, 6.45) is 3.82. The van der Waals surface area contributed by atoms with E-state index >= 15 is 0 Å². The predicted molar refractivity (Wildman–Crippen MR) is 127 cm³/mol. The second kappa shape index (κ2) is 7.59. The van der Waals surface area contributed by atoms with Crippen molar-refractivity contribution >= 4 is 33.8 Å². The molecule has 1 atom stereocenters. The van der Waals surface area contributed by atoms with Crippen LogP contribution in [0.15, 0.2) is 48.8 Å². The summed E-state index contributed by atoms with van der Waals surface area (Å²) in [4.78, 5) is 17.2. The minimum Gasteiger partial charge on any atom is -0.377 e. The van der Waals surface area contributed by atoms with Crippen LogP contribution in [-0.4, -0.2) is 66.7 Å². The van der Waals surface area contributed by atoms with Gasteiger partial charge < -0.3 is 15.0 Å². The van der Waals surface area contributed by atoms with Crippen molar-refractivity contribution in [1.29, 1.82) is 0 Å². The molecule has 4 aromatic heterocycles. The minimum absolute atomic E-state index is 0.202. The van der Waals surface area contributed by atoms with E-state index in [4.69, 9.17) is 19.7 Å². The van der Waals surface area contributed by atoms with Crippen LogP contribution in [0.4, 0.5) is 11.8 Å². The molecule has 0 saturated carbocycles. The van der Waals surface area contributed by atoms with E-state index in [0.717, 1.165) is 40.2 Å². The van der Waals surface area contributed by atoms with Crippen LogP contribution in [-0.2, 0) is 11.8 Å². The summed E-state index contributed by atoms with van der Waals surface area (Å²) in [6, 6.07) is 12.3. The van der Waals surface area contributed by atoms with Gasteiger partial charge in [0.1, 0.15) is 11.6 Å². The number of anilines is 2. The van der Waals surface area contributed by atoms with Crippen LogP contribution >= 0.6 is 0 Å². The monoisotopic (exact) mass is 443 g/mol. The zero-order chi connectivity index (χ0) is 22.5. The third-order valence-electron chi connectivity index (χ3n) is 6.18. The topological polar surface area (TPSA) is 90.9 Å². The summed E-state index contributed by atoms with van der Waals surface area (Å²) in [6.45, 7) is 4.27. The van der Waals surface area contributed by atoms with Crippen molar-refractivity contribution in [3.05, 3.63) is 48.8 Å². The third kappa shape index (κ3) is 3.05. The molecule has 1 saturated heterocycles. The predicted octanol–water partition coefficient (Wildman–Crippen LogP) is 2.76. The molecular weight excluding hydrogens is 418 g/mol. The Labute approximate surface area is 190 Å². The molecule has 5 aromatic rings. The standard InChI is InChI=1S/C23H25N9O/c1-15-14-33-13-12-30(15)20-16-9-11-31(19-8-10-25-29(19)3)21(16)28-23(27-20)32-18-7-5-4-6-17(18)26-22(32)24-2/h4-11,15H,12-14H2,1-3H3,(H,24,26). The van der Waals surface area contributed by atoms with Gasteiger partial charge in [-0.1, -0.05) is 12.1 Å². The van der Waals surface area contributed by atoms with Gasteiger partial charge in [-0.25, -0.2) is 9.55 Å². The van der Waals surface area contributed by atoms with E-state index in [0.29, 0.717) is 25.1 Å². The van der Waals surface area contributed by atoms with Gasteiger partial charge in [-0.3, -0.25) is 9.25 Å². The van der Waals surface area contributed by atoms with E-state index < -0.39 is 0 Å². The number of rotatable bonds is 4. The first-order valence-corrected chi connectivity index (χ1v) is 11.0. The number of ether oxygens (including phenoxy) is 1. The van der Waals surface area contributed by atoms with E-state index in [1.165, 1.54) is 0 Å². The van der Waals surface area contributed by atoms with Gasteiger partial charge >= 0.3 is 0 Å². The number of aromatic nitrogens is 7. The zero-order valence-electron chi connectivity index (χ0n) is 18.8. The molecule has 1 aliphatic rings. The highest BCUT2D eigenvalue weighted by molar-refractivity contribution is 5.90. The summed E-state index contributed by atoms with van der Waals surface area (Å²) in [5.74, 6) is 3.08. The molecule has 0 aliphatic carbocycles. The molecule has 1 aliphatic heterocycles. The van der Waals surface area contributed by atoms with Crippen LogP contribution in [0.1, 0.15) is 6.92 Å². The SMILES string of the molecule is CNc1nc2ccccc2n1-c1nc(N2CCOCC2C)c2ccn(-c3ccnn3C)c2n1. The second-order valence-corrected chi connectivity index (χ2v) is 8.21. The lowest BCUT2D eigenvalue weighted by atomic mass is 10.2. The number of aryl methyl sites for hydroxylation is 1. The molecule has 6 rings (SSSR count). The normalized spacial score (nSPS) is 16.7. The van der Waals surface area contributed by atoms with Gasteiger partial charge in [-0.2, -0.15) is 15.1 Å². The fraction of sp³-hybridized carbons (Fsp3) is 0.304. The first-order chi connectivity index (χ1) is 16.2. The van der Waals surface area contributed by atoms with Gasteiger partial charge in [-0.15, -0.1) is 0 Å². The smallest absolute Gasteiger partial charge is 0.241 e. The van der Waals surface area contributed by atoms with Crippen molar-refractivity contribution in [3.8, 4) is 11.8 Å². The van der Waals surface area contributed by atoms with Gasteiger partial charge in [0.15, 0.2) is 5.65 Å². The Bertz CT molecular complexity index is 1460. The Morgan fingerprint density at radius 3 is 2.76 bits per heavy atom. The molecule has 1 aromatic carbocycles. The average molecular weight is 444 g/mol. The number of para-hydroxylation sites is 2. The number of hydrogen-bond acceptors (Lipinski definition) is 7. The Morgan fingerprint density at radius 2 is 1.97 bits per heavy atom. The summed E-state index contributed by atoms with van der Waals surface area (Å²) in [5, 5.41) is 8.54. The number of hydrogen-bond donors (Lipinski definition) is 1. The molecule has 10 heteroatoms. The molecule has 33 heavy (non-hydrogen) atoms. The minimum atomic E-state index is 0.202. The largest absolute Gasteiger partial charge is 0.377 e. The number of benzene rings is 1. The quantitative estimate of drug-likeness (QED) is 0.457. The molecule has 5 heterocycles.